The number of nitrogens with two attached hydrogens (primary N) is 2. The van der Waals surface area contributed by atoms with E-state index in [4.69, 9.17) is 16.9 Å². The Labute approximate surface area is 230 Å². The van der Waals surface area contributed by atoms with Gasteiger partial charge in [0.05, 0.1) is 28.9 Å². The van der Waals surface area contributed by atoms with Crippen LogP contribution in [-0.2, 0) is 20.8 Å². The molecule has 2 aliphatic heterocycles. The van der Waals surface area contributed by atoms with Crippen LogP contribution in [0.4, 0.5) is 18.9 Å². The standard InChI is InChI=1S/C26H28F3N5O7/c1-34-3-2-7-6-33-16-13(17(7)34)21(41-26(27,28)29)9-4-8-5-10-15(30)19(36)14(24(32)39)22(31)25(10,40)23(38)11(8)18(35)12(9)20(16)37/h7-8,10-11,14-15,17,31,33,37,40H,2-6,30H2,1H3,(H2,32,39). The number of anilines is 1. The van der Waals surface area contributed by atoms with Crippen LogP contribution >= 0.6 is 0 Å². The summed E-state index contributed by atoms with van der Waals surface area (Å²) in [4.78, 5) is 54.4. The number of nitrogens with zero attached hydrogens (tertiary/aromatic N) is 1. The SMILES string of the molecule is CN1CCC2CNc3c(O)c4c(c(OC(F)(F)F)c3C21)CC1CC2C(N)C(=O)C(C(N)=O)C(=N)C2(O)C(=O)C1C4=O. The smallest absolute Gasteiger partial charge is 0.505 e. The lowest BCUT2D eigenvalue weighted by molar-refractivity contribution is -0.275. The maximum Gasteiger partial charge on any atom is 0.573 e. The van der Waals surface area contributed by atoms with Gasteiger partial charge in [-0.1, -0.05) is 0 Å². The fraction of sp³-hybridized carbons (Fsp3) is 0.577. The number of rotatable bonds is 2. The molecule has 8 unspecified atom stereocenters. The van der Waals surface area contributed by atoms with Crippen LogP contribution in [0.15, 0.2) is 0 Å². The van der Waals surface area contributed by atoms with Gasteiger partial charge in [0, 0.05) is 29.6 Å². The molecule has 1 amide bonds. The summed E-state index contributed by atoms with van der Waals surface area (Å²) < 4.78 is 46.0. The summed E-state index contributed by atoms with van der Waals surface area (Å²) in [5.41, 5.74) is 6.73. The number of halogens is 3. The number of carbonyl (C=O) groups excluding carboxylic acids is 4. The van der Waals surface area contributed by atoms with Crippen LogP contribution in [0.1, 0.15) is 40.4 Å². The molecule has 8 atom stereocenters. The first-order valence-corrected chi connectivity index (χ1v) is 13.2. The summed E-state index contributed by atoms with van der Waals surface area (Å²) in [7, 11) is 1.74. The molecule has 2 saturated carbocycles. The second-order valence-electron chi connectivity index (χ2n) is 11.7. The van der Waals surface area contributed by atoms with Crippen molar-refractivity contribution in [1.82, 2.24) is 4.90 Å². The van der Waals surface area contributed by atoms with Crippen molar-refractivity contribution in [2.75, 3.05) is 25.5 Å². The number of likely N-dealkylation sites (tertiary alicyclic amines) is 1. The molecule has 41 heavy (non-hydrogen) atoms. The number of phenols is 1. The van der Waals surface area contributed by atoms with Crippen molar-refractivity contribution in [3.63, 3.8) is 0 Å². The van der Waals surface area contributed by atoms with Gasteiger partial charge >= 0.3 is 6.36 Å². The second-order valence-corrected chi connectivity index (χ2v) is 11.7. The number of aliphatic hydroxyl groups is 1. The number of primary amides is 1. The predicted molar refractivity (Wildman–Crippen MR) is 133 cm³/mol. The lowest BCUT2D eigenvalue weighted by Crippen LogP contribution is -2.73. The highest BCUT2D eigenvalue weighted by Gasteiger charge is 2.67. The minimum Gasteiger partial charge on any atom is -0.505 e. The second kappa shape index (κ2) is 8.72. The van der Waals surface area contributed by atoms with Gasteiger partial charge in [-0.25, -0.2) is 0 Å². The molecule has 12 nitrogen and oxygen atoms in total. The molecule has 0 bridgehead atoms. The number of fused-ring (bicyclic) bond motifs is 6. The Balaban J connectivity index is 1.53. The van der Waals surface area contributed by atoms with E-state index in [-0.39, 0.29) is 35.6 Å². The maximum absolute atomic E-state index is 13.9. The lowest BCUT2D eigenvalue weighted by Gasteiger charge is -2.52. The van der Waals surface area contributed by atoms with Crippen LogP contribution in [-0.4, -0.2) is 82.2 Å². The molecular weight excluding hydrogens is 551 g/mol. The summed E-state index contributed by atoms with van der Waals surface area (Å²) in [5.74, 6) is -12.0. The number of hydrogen-bond donors (Lipinski definition) is 6. The molecule has 3 fully saturated rings. The highest BCUT2D eigenvalue weighted by molar-refractivity contribution is 6.33. The van der Waals surface area contributed by atoms with E-state index in [0.29, 0.717) is 19.5 Å². The number of carbonyl (C=O) groups is 4. The number of ketones is 3. The Bertz CT molecular complexity index is 1450. The molecule has 6 rings (SSSR count). The van der Waals surface area contributed by atoms with E-state index < -0.39 is 93.7 Å². The van der Waals surface area contributed by atoms with Crippen molar-refractivity contribution in [3.8, 4) is 11.5 Å². The zero-order valence-corrected chi connectivity index (χ0v) is 21.7. The Morgan fingerprint density at radius 1 is 1.24 bits per heavy atom. The van der Waals surface area contributed by atoms with Gasteiger partial charge in [0.25, 0.3) is 0 Å². The van der Waals surface area contributed by atoms with Crippen LogP contribution in [0, 0.1) is 35.0 Å². The lowest BCUT2D eigenvalue weighted by atomic mass is 9.52. The van der Waals surface area contributed by atoms with Gasteiger partial charge in [0.2, 0.25) is 5.91 Å². The number of benzene rings is 1. The Morgan fingerprint density at radius 2 is 1.93 bits per heavy atom. The molecule has 1 saturated heterocycles. The van der Waals surface area contributed by atoms with Crippen molar-refractivity contribution in [2.24, 2.45) is 41.1 Å². The number of ether oxygens (including phenoxy) is 1. The summed E-state index contributed by atoms with van der Waals surface area (Å²) in [6, 6.07) is -2.14. The minimum atomic E-state index is -5.15. The molecule has 15 heteroatoms. The van der Waals surface area contributed by atoms with Crippen molar-refractivity contribution in [1.29, 1.82) is 5.41 Å². The first-order valence-electron chi connectivity index (χ1n) is 13.2. The first kappa shape index (κ1) is 27.6. The summed E-state index contributed by atoms with van der Waals surface area (Å²) in [5, 5.41) is 34.2. The van der Waals surface area contributed by atoms with Crippen LogP contribution in [0.2, 0.25) is 0 Å². The molecule has 1 aromatic carbocycles. The Kier molecular flexibility index (Phi) is 5.87. The van der Waals surface area contributed by atoms with Gasteiger partial charge in [-0.3, -0.25) is 24.1 Å². The topological polar surface area (TPSA) is 209 Å². The van der Waals surface area contributed by atoms with Crippen molar-refractivity contribution < 1.29 is 47.3 Å². The summed E-state index contributed by atoms with van der Waals surface area (Å²) in [6.45, 7) is 0.903. The molecule has 5 aliphatic rings. The van der Waals surface area contributed by atoms with E-state index in [2.05, 4.69) is 10.1 Å². The normalized spacial score (nSPS) is 36.5. The highest BCUT2D eigenvalue weighted by Crippen LogP contribution is 2.58. The van der Waals surface area contributed by atoms with E-state index in [0.717, 1.165) is 0 Å². The molecular formula is C26H28F3N5O7. The number of aromatic hydroxyl groups is 1. The predicted octanol–water partition coefficient (Wildman–Crippen LogP) is 0.0317. The van der Waals surface area contributed by atoms with Crippen LogP contribution in [0.3, 0.4) is 0 Å². The number of nitrogens with one attached hydrogen (secondary N) is 2. The van der Waals surface area contributed by atoms with Gasteiger partial charge in [-0.2, -0.15) is 0 Å². The van der Waals surface area contributed by atoms with Gasteiger partial charge in [-0.15, -0.1) is 13.2 Å². The number of amides is 1. The molecule has 0 spiro atoms. The Morgan fingerprint density at radius 3 is 2.56 bits per heavy atom. The van der Waals surface area contributed by atoms with E-state index in [1.165, 1.54) is 0 Å². The van der Waals surface area contributed by atoms with Gasteiger partial charge in [0.15, 0.2) is 23.0 Å². The first-order chi connectivity index (χ1) is 19.1. The molecule has 8 N–H and O–H groups in total. The van der Waals surface area contributed by atoms with Gasteiger partial charge in [-0.05, 0) is 44.7 Å². The molecule has 1 aromatic rings. The third kappa shape index (κ3) is 3.61. The largest absolute Gasteiger partial charge is 0.573 e. The quantitative estimate of drug-likeness (QED) is 0.205. The van der Waals surface area contributed by atoms with E-state index in [1.807, 2.05) is 4.90 Å². The summed E-state index contributed by atoms with van der Waals surface area (Å²) >= 11 is 0. The highest BCUT2D eigenvalue weighted by atomic mass is 19.4. The van der Waals surface area contributed by atoms with Crippen molar-refractivity contribution >= 4 is 34.7 Å². The fourth-order valence-corrected chi connectivity index (χ4v) is 7.86. The molecule has 220 valence electrons. The van der Waals surface area contributed by atoms with Crippen LogP contribution in [0.25, 0.3) is 0 Å². The zero-order valence-electron chi connectivity index (χ0n) is 21.7. The third-order valence-electron chi connectivity index (χ3n) is 9.64. The van der Waals surface area contributed by atoms with E-state index in [1.54, 1.807) is 7.05 Å². The average molecular weight is 580 g/mol. The third-order valence-corrected chi connectivity index (χ3v) is 9.64. The summed E-state index contributed by atoms with van der Waals surface area (Å²) in [6.07, 6.45) is -5.11. The van der Waals surface area contributed by atoms with Gasteiger partial charge < -0.3 is 37.1 Å². The monoisotopic (exact) mass is 579 g/mol. The van der Waals surface area contributed by atoms with Crippen LogP contribution in [0.5, 0.6) is 11.5 Å². The molecule has 2 heterocycles. The number of Topliss-reactive ketones (excluding diaryl/α,β-unsaturated/α-hetero) is 3. The average Bonchev–Trinajstić information content (AvgIpc) is 3.26. The van der Waals surface area contributed by atoms with Crippen LogP contribution < -0.4 is 21.5 Å². The fourth-order valence-electron chi connectivity index (χ4n) is 7.86. The molecule has 3 aliphatic carbocycles. The van der Waals surface area contributed by atoms with E-state index >= 15 is 0 Å². The van der Waals surface area contributed by atoms with Gasteiger partial charge in [0.1, 0.15) is 17.4 Å². The van der Waals surface area contributed by atoms with E-state index in [9.17, 15) is 42.6 Å². The molecule has 0 radical (unpaired) electrons. The molecule has 0 aromatic heterocycles. The van der Waals surface area contributed by atoms with Crippen molar-refractivity contribution in [2.45, 2.75) is 43.3 Å². The Hall–Kier alpha value is -3.56. The maximum atomic E-state index is 13.9. The number of hydrogen-bond acceptors (Lipinski definition) is 11. The minimum absolute atomic E-state index is 0.0651. The number of phenolic OH excluding ortho intramolecular Hbond substituents is 1. The zero-order chi connectivity index (χ0) is 29.9. The number of alkyl halides is 3. The van der Waals surface area contributed by atoms with Crippen molar-refractivity contribution in [3.05, 3.63) is 16.7 Å².